The van der Waals surface area contributed by atoms with Crippen LogP contribution in [-0.4, -0.2) is 40.7 Å². The van der Waals surface area contributed by atoms with Crippen LogP contribution in [0.4, 0.5) is 0 Å². The van der Waals surface area contributed by atoms with Crippen LogP contribution >= 0.6 is 11.6 Å². The molecule has 0 bridgehead atoms. The predicted octanol–water partition coefficient (Wildman–Crippen LogP) is 2.65. The maximum Gasteiger partial charge on any atom is 0.274 e. The Kier molecular flexibility index (Phi) is 4.36. The van der Waals surface area contributed by atoms with Crippen molar-refractivity contribution in [2.75, 3.05) is 19.7 Å². The lowest BCUT2D eigenvalue weighted by Gasteiger charge is -2.33. The zero-order chi connectivity index (χ0) is 15.5. The Morgan fingerprint density at radius 1 is 1.23 bits per heavy atom. The van der Waals surface area contributed by atoms with Crippen LogP contribution in [0.1, 0.15) is 27.8 Å². The van der Waals surface area contributed by atoms with Gasteiger partial charge in [-0.05, 0) is 36.8 Å². The molecule has 5 nitrogen and oxygen atoms in total. The second kappa shape index (κ2) is 6.42. The molecule has 1 aliphatic heterocycles. The molecule has 22 heavy (non-hydrogen) atoms. The van der Waals surface area contributed by atoms with E-state index in [1.165, 1.54) is 0 Å². The van der Waals surface area contributed by atoms with Gasteiger partial charge in [-0.3, -0.25) is 4.79 Å². The molecule has 114 valence electrons. The minimum absolute atomic E-state index is 0.116. The summed E-state index contributed by atoms with van der Waals surface area (Å²) in [6, 6.07) is 11.0. The summed E-state index contributed by atoms with van der Waals surface area (Å²) in [5, 5.41) is 8.58. The van der Waals surface area contributed by atoms with Gasteiger partial charge in [-0.1, -0.05) is 23.7 Å². The third-order valence-corrected chi connectivity index (χ3v) is 3.86. The summed E-state index contributed by atoms with van der Waals surface area (Å²) in [7, 11) is 0. The highest BCUT2D eigenvalue weighted by Crippen LogP contribution is 2.24. The molecule has 0 unspecified atom stereocenters. The number of nitrogens with zero attached hydrogens (tertiary/aromatic N) is 3. The third-order valence-electron chi connectivity index (χ3n) is 3.61. The quantitative estimate of drug-likeness (QED) is 0.854. The largest absolute Gasteiger partial charge is 0.370 e. The van der Waals surface area contributed by atoms with Gasteiger partial charge in [0.1, 0.15) is 6.10 Å². The fourth-order valence-electron chi connectivity index (χ4n) is 2.39. The van der Waals surface area contributed by atoms with Gasteiger partial charge in [0.05, 0.1) is 18.8 Å². The lowest BCUT2D eigenvalue weighted by molar-refractivity contribution is -0.0230. The predicted molar refractivity (Wildman–Crippen MR) is 82.8 cm³/mol. The SMILES string of the molecule is Cc1ccc(C(=O)N2CCO[C@H](c3ccc(Cl)cc3)C2)nn1. The fourth-order valence-corrected chi connectivity index (χ4v) is 2.51. The Labute approximate surface area is 133 Å². The molecule has 2 aromatic rings. The zero-order valence-corrected chi connectivity index (χ0v) is 13.0. The van der Waals surface area contributed by atoms with Crippen LogP contribution in [0.25, 0.3) is 0 Å². The molecule has 0 N–H and O–H groups in total. The number of ether oxygens (including phenoxy) is 1. The van der Waals surface area contributed by atoms with Crippen LogP contribution in [0.15, 0.2) is 36.4 Å². The van der Waals surface area contributed by atoms with Crippen molar-refractivity contribution >= 4 is 17.5 Å². The fraction of sp³-hybridized carbons (Fsp3) is 0.312. The van der Waals surface area contributed by atoms with Crippen molar-refractivity contribution in [3.05, 3.63) is 58.4 Å². The van der Waals surface area contributed by atoms with Crippen LogP contribution in [0, 0.1) is 6.92 Å². The molecule has 1 amide bonds. The first kappa shape index (κ1) is 14.9. The van der Waals surface area contributed by atoms with Crippen LogP contribution in [0.2, 0.25) is 5.02 Å². The van der Waals surface area contributed by atoms with Crippen molar-refractivity contribution in [2.45, 2.75) is 13.0 Å². The molecule has 1 aromatic heterocycles. The first-order valence-electron chi connectivity index (χ1n) is 7.10. The highest BCUT2D eigenvalue weighted by atomic mass is 35.5. The number of carbonyl (C=O) groups is 1. The third kappa shape index (κ3) is 3.26. The number of carbonyl (C=O) groups excluding carboxylic acids is 1. The average Bonchev–Trinajstić information content (AvgIpc) is 2.56. The molecule has 0 saturated carbocycles. The lowest BCUT2D eigenvalue weighted by atomic mass is 10.1. The van der Waals surface area contributed by atoms with E-state index >= 15 is 0 Å². The Morgan fingerprint density at radius 2 is 2.00 bits per heavy atom. The summed E-state index contributed by atoms with van der Waals surface area (Å²) in [6.45, 7) is 3.39. The summed E-state index contributed by atoms with van der Waals surface area (Å²) >= 11 is 5.90. The van der Waals surface area contributed by atoms with E-state index < -0.39 is 0 Å². The van der Waals surface area contributed by atoms with Gasteiger partial charge >= 0.3 is 0 Å². The minimum Gasteiger partial charge on any atom is -0.370 e. The van der Waals surface area contributed by atoms with Gasteiger partial charge in [0.2, 0.25) is 0 Å². The van der Waals surface area contributed by atoms with E-state index in [9.17, 15) is 4.79 Å². The van der Waals surface area contributed by atoms with Crippen molar-refractivity contribution in [2.24, 2.45) is 0 Å². The Morgan fingerprint density at radius 3 is 2.68 bits per heavy atom. The van der Waals surface area contributed by atoms with E-state index in [4.69, 9.17) is 16.3 Å². The maximum absolute atomic E-state index is 12.5. The van der Waals surface area contributed by atoms with Crippen LogP contribution < -0.4 is 0 Å². The number of hydrogen-bond acceptors (Lipinski definition) is 4. The molecular formula is C16H16ClN3O2. The first-order valence-corrected chi connectivity index (χ1v) is 7.48. The molecule has 1 fully saturated rings. The molecule has 1 atom stereocenters. The van der Waals surface area contributed by atoms with Crippen molar-refractivity contribution in [1.29, 1.82) is 0 Å². The van der Waals surface area contributed by atoms with Gasteiger partial charge in [0.25, 0.3) is 5.91 Å². The number of morpholine rings is 1. The van der Waals surface area contributed by atoms with Gasteiger partial charge in [-0.25, -0.2) is 0 Å². The van der Waals surface area contributed by atoms with Gasteiger partial charge in [-0.15, -0.1) is 5.10 Å². The molecule has 0 spiro atoms. The Balaban J connectivity index is 1.73. The molecule has 6 heteroatoms. The second-order valence-electron chi connectivity index (χ2n) is 5.22. The maximum atomic E-state index is 12.5. The molecular weight excluding hydrogens is 302 g/mol. The van der Waals surface area contributed by atoms with Gasteiger partial charge in [0, 0.05) is 11.6 Å². The highest BCUT2D eigenvalue weighted by molar-refractivity contribution is 6.30. The number of aryl methyl sites for hydroxylation is 1. The van der Waals surface area contributed by atoms with E-state index in [0.29, 0.717) is 30.4 Å². The lowest BCUT2D eigenvalue weighted by Crippen LogP contribution is -2.42. The summed E-state index contributed by atoms with van der Waals surface area (Å²) in [5.74, 6) is -0.116. The van der Waals surface area contributed by atoms with Gasteiger partial charge in [0.15, 0.2) is 5.69 Å². The molecule has 2 heterocycles. The number of aromatic nitrogens is 2. The molecule has 0 aliphatic carbocycles. The van der Waals surface area contributed by atoms with Crippen LogP contribution in [0.3, 0.4) is 0 Å². The average molecular weight is 318 g/mol. The first-order chi connectivity index (χ1) is 10.6. The molecule has 1 aliphatic rings. The van der Waals surface area contributed by atoms with Crippen LogP contribution in [-0.2, 0) is 4.74 Å². The normalized spacial score (nSPS) is 18.3. The minimum atomic E-state index is -0.145. The number of benzene rings is 1. The monoisotopic (exact) mass is 317 g/mol. The van der Waals surface area contributed by atoms with E-state index in [-0.39, 0.29) is 12.0 Å². The summed E-state index contributed by atoms with van der Waals surface area (Å²) < 4.78 is 5.77. The van der Waals surface area contributed by atoms with E-state index in [2.05, 4.69) is 10.2 Å². The molecule has 0 radical (unpaired) electrons. The Hall–Kier alpha value is -1.98. The Bertz CT molecular complexity index is 658. The summed E-state index contributed by atoms with van der Waals surface area (Å²) in [5.41, 5.74) is 2.16. The number of amides is 1. The van der Waals surface area contributed by atoms with Gasteiger partial charge in [-0.2, -0.15) is 5.10 Å². The van der Waals surface area contributed by atoms with Crippen molar-refractivity contribution in [1.82, 2.24) is 15.1 Å². The van der Waals surface area contributed by atoms with Crippen molar-refractivity contribution in [3.8, 4) is 0 Å². The number of halogens is 1. The summed E-state index contributed by atoms with van der Waals surface area (Å²) in [6.07, 6.45) is -0.145. The van der Waals surface area contributed by atoms with Crippen molar-refractivity contribution in [3.63, 3.8) is 0 Å². The number of hydrogen-bond donors (Lipinski definition) is 0. The number of rotatable bonds is 2. The zero-order valence-electron chi connectivity index (χ0n) is 12.2. The topological polar surface area (TPSA) is 55.3 Å². The molecule has 1 saturated heterocycles. The van der Waals surface area contributed by atoms with E-state index in [1.807, 2.05) is 31.2 Å². The smallest absolute Gasteiger partial charge is 0.274 e. The highest BCUT2D eigenvalue weighted by Gasteiger charge is 2.26. The van der Waals surface area contributed by atoms with E-state index in [0.717, 1.165) is 11.3 Å². The molecule has 3 rings (SSSR count). The standard InChI is InChI=1S/C16H16ClN3O2/c1-11-2-7-14(19-18-11)16(21)20-8-9-22-15(10-20)12-3-5-13(17)6-4-12/h2-7,15H,8-10H2,1H3/t15-/m0/s1. The molecule has 1 aromatic carbocycles. The van der Waals surface area contributed by atoms with E-state index in [1.54, 1.807) is 17.0 Å². The second-order valence-corrected chi connectivity index (χ2v) is 5.66. The van der Waals surface area contributed by atoms with Crippen LogP contribution in [0.5, 0.6) is 0 Å². The van der Waals surface area contributed by atoms with Crippen molar-refractivity contribution < 1.29 is 9.53 Å². The summed E-state index contributed by atoms with van der Waals surface area (Å²) in [4.78, 5) is 14.2. The van der Waals surface area contributed by atoms with Gasteiger partial charge < -0.3 is 9.64 Å².